The van der Waals surface area contributed by atoms with Crippen molar-refractivity contribution in [2.24, 2.45) is 5.41 Å². The Morgan fingerprint density at radius 2 is 1.65 bits per heavy atom. The molecule has 3 rings (SSSR count). The zero-order chi connectivity index (χ0) is 30.3. The number of amides is 1. The molecule has 40 heavy (non-hydrogen) atoms. The molecule has 0 bridgehead atoms. The molecule has 2 N–H and O–H groups in total. The number of nitrogens with one attached hydrogen (secondary N) is 2. The van der Waals surface area contributed by atoms with E-state index >= 15 is 4.39 Å². The molecule has 0 saturated carbocycles. The van der Waals surface area contributed by atoms with Crippen LogP contribution in [0.3, 0.4) is 0 Å². The van der Waals surface area contributed by atoms with E-state index in [1.165, 1.54) is 6.07 Å². The van der Waals surface area contributed by atoms with Crippen LogP contribution in [-0.4, -0.2) is 42.2 Å². The Morgan fingerprint density at radius 1 is 1.02 bits per heavy atom. The number of carbonyl (C=O) groups is 2. The van der Waals surface area contributed by atoms with Crippen LogP contribution in [0.2, 0.25) is 0 Å². The summed E-state index contributed by atoms with van der Waals surface area (Å²) in [6.45, 7) is 7.80. The molecule has 0 aromatic heterocycles. The van der Waals surface area contributed by atoms with Gasteiger partial charge in [-0.2, -0.15) is 0 Å². The molecule has 2 aromatic carbocycles. The van der Waals surface area contributed by atoms with Gasteiger partial charge in [0.05, 0.1) is 25.3 Å². The van der Waals surface area contributed by atoms with Gasteiger partial charge in [-0.3, -0.25) is 15.0 Å². The maximum absolute atomic E-state index is 15.3. The first-order valence-electron chi connectivity index (χ1n) is 12.3. The van der Waals surface area contributed by atoms with Crippen LogP contribution in [0.1, 0.15) is 62.5 Å². The lowest BCUT2D eigenvalue weighted by atomic mass is 9.92. The molecule has 0 spiro atoms. The van der Waals surface area contributed by atoms with Gasteiger partial charge in [0.25, 0.3) is 0 Å². The second-order valence-electron chi connectivity index (χ2n) is 10.5. The molecule has 0 unspecified atom stereocenters. The zero-order valence-electron chi connectivity index (χ0n) is 22.6. The monoisotopic (exact) mass is 595 g/mol. The number of nitrogens with zero attached hydrogens (tertiary/aromatic N) is 1. The molecule has 0 atom stereocenters. The van der Waals surface area contributed by atoms with E-state index in [-0.39, 0.29) is 60.9 Å². The minimum absolute atomic E-state index is 0.0249. The topological polar surface area (TPSA) is 91.7 Å². The SMILES string of the molecule is CCOc1cc2c(c(F)c1OCC)C(=N)N(CC(=O)c1cc(NC(=O)CC(C)(C)C)cc(S(F)(F)(F)(F)F)c1)C2. The molecule has 14 heteroatoms. The van der Waals surface area contributed by atoms with E-state index in [1.54, 1.807) is 34.6 Å². The van der Waals surface area contributed by atoms with Crippen molar-refractivity contribution in [2.75, 3.05) is 25.1 Å². The van der Waals surface area contributed by atoms with Gasteiger partial charge in [-0.15, -0.1) is 0 Å². The fraction of sp³-hybridized carbons (Fsp3) is 0.423. The van der Waals surface area contributed by atoms with Crippen LogP contribution in [0.25, 0.3) is 0 Å². The number of fused-ring (bicyclic) bond motifs is 1. The van der Waals surface area contributed by atoms with Crippen molar-refractivity contribution in [2.45, 2.75) is 52.5 Å². The summed E-state index contributed by atoms with van der Waals surface area (Å²) in [6, 6.07) is 2.43. The summed E-state index contributed by atoms with van der Waals surface area (Å²) >= 11 is 0. The first-order valence-corrected chi connectivity index (χ1v) is 14.3. The van der Waals surface area contributed by atoms with Crippen LogP contribution in [-0.2, 0) is 11.3 Å². The van der Waals surface area contributed by atoms with Crippen molar-refractivity contribution in [1.29, 1.82) is 5.41 Å². The lowest BCUT2D eigenvalue weighted by Crippen LogP contribution is -2.30. The van der Waals surface area contributed by atoms with Crippen molar-refractivity contribution in [3.8, 4) is 11.5 Å². The molecule has 1 aliphatic heterocycles. The first kappa shape index (κ1) is 31.1. The Kier molecular flexibility index (Phi) is 7.69. The van der Waals surface area contributed by atoms with Gasteiger partial charge in [0.1, 0.15) is 10.7 Å². The van der Waals surface area contributed by atoms with E-state index in [0.29, 0.717) is 0 Å². The molecular formula is C26H31F6N3O4S. The normalized spacial score (nSPS) is 15.3. The predicted molar refractivity (Wildman–Crippen MR) is 141 cm³/mol. The summed E-state index contributed by atoms with van der Waals surface area (Å²) in [5.74, 6) is -3.25. The van der Waals surface area contributed by atoms with Crippen LogP contribution in [0.15, 0.2) is 29.2 Å². The number of benzene rings is 2. The Bertz CT molecular complexity index is 1370. The molecule has 0 fully saturated rings. The fourth-order valence-corrected chi connectivity index (χ4v) is 4.86. The summed E-state index contributed by atoms with van der Waals surface area (Å²) in [5, 5.41) is 10.6. The van der Waals surface area contributed by atoms with E-state index in [1.807, 2.05) is 0 Å². The molecule has 0 saturated heterocycles. The van der Waals surface area contributed by atoms with Crippen molar-refractivity contribution in [3.63, 3.8) is 0 Å². The van der Waals surface area contributed by atoms with E-state index in [0.717, 1.165) is 11.0 Å². The van der Waals surface area contributed by atoms with Gasteiger partial charge in [0.2, 0.25) is 5.91 Å². The number of anilines is 1. The highest BCUT2D eigenvalue weighted by Gasteiger charge is 2.65. The number of rotatable bonds is 10. The minimum atomic E-state index is -10.3. The summed E-state index contributed by atoms with van der Waals surface area (Å²) in [7, 11) is -10.3. The number of carbonyl (C=O) groups excluding carboxylic acids is 2. The van der Waals surface area contributed by atoms with Crippen molar-refractivity contribution >= 4 is 33.4 Å². The lowest BCUT2D eigenvalue weighted by molar-refractivity contribution is -0.117. The average molecular weight is 596 g/mol. The average Bonchev–Trinajstić information content (AvgIpc) is 3.08. The second kappa shape index (κ2) is 9.89. The van der Waals surface area contributed by atoms with E-state index < -0.39 is 61.7 Å². The number of hydrogen-bond donors (Lipinski definition) is 2. The van der Waals surface area contributed by atoms with E-state index in [2.05, 4.69) is 5.32 Å². The molecule has 0 aliphatic carbocycles. The van der Waals surface area contributed by atoms with Crippen molar-refractivity contribution in [3.05, 3.63) is 46.8 Å². The number of hydrogen-bond acceptors (Lipinski definition) is 5. The van der Waals surface area contributed by atoms with Crippen LogP contribution in [0.4, 0.5) is 29.5 Å². The highest BCUT2D eigenvalue weighted by molar-refractivity contribution is 8.45. The number of ether oxygens (including phenoxy) is 2. The summed E-state index contributed by atoms with van der Waals surface area (Å²) in [5.41, 5.74) is -1.83. The smallest absolute Gasteiger partial charge is 0.310 e. The molecule has 1 heterocycles. The molecule has 7 nitrogen and oxygen atoms in total. The number of halogens is 6. The van der Waals surface area contributed by atoms with Crippen molar-refractivity contribution in [1.82, 2.24) is 4.90 Å². The quantitative estimate of drug-likeness (QED) is 0.217. The van der Waals surface area contributed by atoms with Crippen LogP contribution in [0, 0.1) is 16.6 Å². The number of ketones is 1. The molecule has 0 radical (unpaired) electrons. The van der Waals surface area contributed by atoms with Crippen molar-refractivity contribution < 1.29 is 42.9 Å². The number of Topliss-reactive ketones (excluding diaryl/α,β-unsaturated/α-hetero) is 1. The standard InChI is InChI=1S/C26H31F6N3O4S/c1-6-38-20-10-16-13-35(25(33)22(16)23(27)24(20)39-7-2)14-19(36)15-8-17(34-21(37)12-26(3,4)5)11-18(9-15)40(28,29,30,31)32/h8-11,33H,6-7,12-14H2,1-5H3,(H,34,37). The maximum Gasteiger partial charge on any atom is 0.310 e. The van der Waals surface area contributed by atoms with E-state index in [9.17, 15) is 29.0 Å². The van der Waals surface area contributed by atoms with Gasteiger partial charge in [-0.25, -0.2) is 4.39 Å². The third-order valence-electron chi connectivity index (χ3n) is 5.75. The van der Waals surface area contributed by atoms with Gasteiger partial charge in [-0.1, -0.05) is 40.2 Å². The highest BCUT2D eigenvalue weighted by atomic mass is 32.5. The highest BCUT2D eigenvalue weighted by Crippen LogP contribution is 3.02. The van der Waals surface area contributed by atoms with Gasteiger partial charge < -0.3 is 19.7 Å². The summed E-state index contributed by atoms with van der Waals surface area (Å²) in [6.07, 6.45) is -0.126. The molecule has 2 aromatic rings. The number of amidine groups is 1. The summed E-state index contributed by atoms with van der Waals surface area (Å²) < 4.78 is 94.7. The maximum atomic E-state index is 15.3. The van der Waals surface area contributed by atoms with Crippen LogP contribution < -0.4 is 14.8 Å². The van der Waals surface area contributed by atoms with Gasteiger partial charge in [0.15, 0.2) is 23.1 Å². The van der Waals surface area contributed by atoms with Gasteiger partial charge in [-0.05, 0) is 49.1 Å². The Labute approximate surface area is 228 Å². The van der Waals surface area contributed by atoms with E-state index in [4.69, 9.17) is 14.9 Å². The van der Waals surface area contributed by atoms with Crippen LogP contribution in [0.5, 0.6) is 11.5 Å². The minimum Gasteiger partial charge on any atom is -0.490 e. The zero-order valence-corrected chi connectivity index (χ0v) is 23.4. The predicted octanol–water partition coefficient (Wildman–Crippen LogP) is 7.68. The Hall–Kier alpha value is -3.42. The van der Waals surface area contributed by atoms with Gasteiger partial charge >= 0.3 is 10.2 Å². The first-order chi connectivity index (χ1) is 18.1. The fourth-order valence-electron chi connectivity index (χ4n) is 4.17. The molecule has 222 valence electrons. The van der Waals surface area contributed by atoms with Gasteiger partial charge in [0, 0.05) is 24.2 Å². The van der Waals surface area contributed by atoms with Crippen LogP contribution >= 0.6 is 10.2 Å². The Morgan fingerprint density at radius 3 is 2.20 bits per heavy atom. The molecular weight excluding hydrogens is 564 g/mol. The third kappa shape index (κ3) is 7.20. The molecule has 1 aliphatic rings. The molecule has 1 amide bonds. The Balaban J connectivity index is 1.96. The lowest BCUT2D eigenvalue weighted by Gasteiger charge is -2.41. The largest absolute Gasteiger partial charge is 0.490 e. The third-order valence-corrected chi connectivity index (χ3v) is 6.88. The second-order valence-corrected chi connectivity index (χ2v) is 13.0. The summed E-state index contributed by atoms with van der Waals surface area (Å²) in [4.78, 5) is 24.1.